The molecule has 4 rings (SSSR count). The summed E-state index contributed by atoms with van der Waals surface area (Å²) in [5, 5.41) is 15.1. The Labute approximate surface area is 212 Å². The van der Waals surface area contributed by atoms with Crippen molar-refractivity contribution in [3.05, 3.63) is 65.2 Å². The zero-order valence-corrected chi connectivity index (χ0v) is 21.0. The van der Waals surface area contributed by atoms with Crippen molar-refractivity contribution < 1.29 is 14.4 Å². The number of hydrogen-bond acceptors (Lipinski definition) is 7. The molecule has 0 bridgehead atoms. The van der Waals surface area contributed by atoms with Crippen molar-refractivity contribution in [2.75, 3.05) is 23.7 Å². The maximum absolute atomic E-state index is 12.6. The summed E-state index contributed by atoms with van der Waals surface area (Å²) in [7, 11) is 0. The topological polar surface area (TPSA) is 104 Å². The third kappa shape index (κ3) is 6.89. The number of nitrogens with zero attached hydrogens (tertiary/aromatic N) is 3. The summed E-state index contributed by atoms with van der Waals surface area (Å²) >= 11 is 3.00. The number of carbonyl (C=O) groups is 3. The second-order valence-electron chi connectivity index (χ2n) is 8.22. The van der Waals surface area contributed by atoms with Gasteiger partial charge in [-0.3, -0.25) is 19.7 Å². The minimum atomic E-state index is -0.353. The molecule has 0 saturated carbocycles. The Balaban J connectivity index is 1.26. The molecule has 10 heteroatoms. The molecule has 1 aromatic heterocycles. The van der Waals surface area contributed by atoms with E-state index in [0.717, 1.165) is 22.7 Å². The molecule has 1 atom stereocenters. The van der Waals surface area contributed by atoms with Crippen LogP contribution in [0.15, 0.2) is 59.5 Å². The third-order valence-electron chi connectivity index (χ3n) is 5.57. The van der Waals surface area contributed by atoms with E-state index in [1.54, 1.807) is 40.9 Å². The van der Waals surface area contributed by atoms with E-state index in [9.17, 15) is 14.4 Å². The van der Waals surface area contributed by atoms with Gasteiger partial charge in [0.25, 0.3) is 5.91 Å². The highest BCUT2D eigenvalue weighted by molar-refractivity contribution is 7.98. The van der Waals surface area contributed by atoms with E-state index in [1.165, 1.54) is 11.3 Å². The molecule has 1 aliphatic heterocycles. The summed E-state index contributed by atoms with van der Waals surface area (Å²) < 4.78 is 0. The summed E-state index contributed by atoms with van der Waals surface area (Å²) in [5.41, 5.74) is 1.03. The molecule has 2 aromatic carbocycles. The highest BCUT2D eigenvalue weighted by Crippen LogP contribution is 2.26. The summed E-state index contributed by atoms with van der Waals surface area (Å²) in [6, 6.07) is 16.7. The first-order valence-corrected chi connectivity index (χ1v) is 13.3. The molecule has 35 heavy (non-hydrogen) atoms. The number of amides is 3. The largest absolute Gasteiger partial charge is 0.342 e. The number of thioether (sulfide) groups is 1. The number of rotatable bonds is 10. The van der Waals surface area contributed by atoms with Gasteiger partial charge in [0.05, 0.1) is 11.7 Å². The lowest BCUT2D eigenvalue weighted by Gasteiger charge is -2.16. The summed E-state index contributed by atoms with van der Waals surface area (Å²) in [5.74, 6) is -0.119. The Morgan fingerprint density at radius 1 is 1.09 bits per heavy atom. The van der Waals surface area contributed by atoms with Gasteiger partial charge in [-0.15, -0.1) is 22.0 Å². The maximum Gasteiger partial charge on any atom is 0.257 e. The molecule has 1 fully saturated rings. The lowest BCUT2D eigenvalue weighted by molar-refractivity contribution is -0.128. The predicted octanol–water partition coefficient (Wildman–Crippen LogP) is 4.67. The first-order valence-electron chi connectivity index (χ1n) is 11.5. The van der Waals surface area contributed by atoms with Gasteiger partial charge in [0.15, 0.2) is 0 Å². The Morgan fingerprint density at radius 2 is 1.86 bits per heavy atom. The van der Waals surface area contributed by atoms with Gasteiger partial charge >= 0.3 is 0 Å². The zero-order chi connectivity index (χ0) is 24.6. The lowest BCUT2D eigenvalue weighted by Crippen LogP contribution is -2.29. The van der Waals surface area contributed by atoms with Crippen LogP contribution in [-0.2, 0) is 15.3 Å². The van der Waals surface area contributed by atoms with Crippen LogP contribution in [0.25, 0.3) is 0 Å². The van der Waals surface area contributed by atoms with Gasteiger partial charge in [0, 0.05) is 35.7 Å². The Morgan fingerprint density at radius 3 is 2.60 bits per heavy atom. The molecular formula is C25H27N5O3S2. The SMILES string of the molecule is CCCCN1CC(C(=O)Nc2ccc(C(=O)Nc3nnc(CSc4ccccc4)s3)cc2)CC1=O. The fraction of sp³-hybridized carbons (Fsp3) is 0.320. The van der Waals surface area contributed by atoms with Crippen molar-refractivity contribution in [3.63, 3.8) is 0 Å². The van der Waals surface area contributed by atoms with Gasteiger partial charge < -0.3 is 10.2 Å². The van der Waals surface area contributed by atoms with Crippen molar-refractivity contribution in [2.45, 2.75) is 36.8 Å². The summed E-state index contributed by atoms with van der Waals surface area (Å²) in [6.45, 7) is 3.23. The molecule has 0 spiro atoms. The van der Waals surface area contributed by atoms with Crippen LogP contribution >= 0.6 is 23.1 Å². The molecule has 3 aromatic rings. The van der Waals surface area contributed by atoms with Crippen molar-refractivity contribution in [1.29, 1.82) is 0 Å². The first-order chi connectivity index (χ1) is 17.0. The molecule has 1 aliphatic rings. The maximum atomic E-state index is 12.6. The van der Waals surface area contributed by atoms with E-state index in [2.05, 4.69) is 27.8 Å². The van der Waals surface area contributed by atoms with Gasteiger partial charge in [-0.2, -0.15) is 0 Å². The second-order valence-corrected chi connectivity index (χ2v) is 10.3. The monoisotopic (exact) mass is 509 g/mol. The van der Waals surface area contributed by atoms with Crippen LogP contribution in [0.1, 0.15) is 41.6 Å². The molecule has 1 saturated heterocycles. The predicted molar refractivity (Wildman–Crippen MR) is 139 cm³/mol. The number of benzene rings is 2. The van der Waals surface area contributed by atoms with E-state index in [4.69, 9.17) is 0 Å². The van der Waals surface area contributed by atoms with Gasteiger partial charge in [-0.25, -0.2) is 0 Å². The number of anilines is 2. The highest BCUT2D eigenvalue weighted by Gasteiger charge is 2.33. The second kappa shape index (κ2) is 11.9. The third-order valence-corrected chi connectivity index (χ3v) is 7.62. The van der Waals surface area contributed by atoms with E-state index in [0.29, 0.717) is 35.2 Å². The molecule has 2 N–H and O–H groups in total. The average molecular weight is 510 g/mol. The van der Waals surface area contributed by atoms with Crippen molar-refractivity contribution >= 4 is 51.6 Å². The van der Waals surface area contributed by atoms with Crippen LogP contribution in [-0.4, -0.2) is 45.9 Å². The minimum Gasteiger partial charge on any atom is -0.342 e. The Bertz CT molecular complexity index is 1170. The molecule has 8 nitrogen and oxygen atoms in total. The van der Waals surface area contributed by atoms with Crippen LogP contribution in [0.4, 0.5) is 10.8 Å². The molecule has 0 radical (unpaired) electrons. The first kappa shape index (κ1) is 24.9. The molecule has 182 valence electrons. The number of carbonyl (C=O) groups excluding carboxylic acids is 3. The lowest BCUT2D eigenvalue weighted by atomic mass is 10.1. The number of aromatic nitrogens is 2. The normalized spacial score (nSPS) is 15.3. The van der Waals surface area contributed by atoms with E-state index >= 15 is 0 Å². The quantitative estimate of drug-likeness (QED) is 0.385. The molecule has 3 amide bonds. The van der Waals surface area contributed by atoms with Gasteiger partial charge in [0.1, 0.15) is 5.01 Å². The van der Waals surface area contributed by atoms with Crippen LogP contribution in [0.3, 0.4) is 0 Å². The standard InChI is InChI=1S/C25H27N5O3S2/c1-2-3-13-30-15-18(14-22(30)31)24(33)26-19-11-9-17(10-12-19)23(32)27-25-29-28-21(35-25)16-34-20-7-5-4-6-8-20/h4-12,18H,2-3,13-16H2,1H3,(H,26,33)(H,27,29,32). The fourth-order valence-electron chi connectivity index (χ4n) is 3.66. The van der Waals surface area contributed by atoms with Crippen LogP contribution in [0.2, 0.25) is 0 Å². The number of hydrogen-bond donors (Lipinski definition) is 2. The van der Waals surface area contributed by atoms with Crippen molar-refractivity contribution in [1.82, 2.24) is 15.1 Å². The highest BCUT2D eigenvalue weighted by atomic mass is 32.2. The van der Waals surface area contributed by atoms with Gasteiger partial charge in [-0.1, -0.05) is 42.9 Å². The van der Waals surface area contributed by atoms with Crippen LogP contribution in [0, 0.1) is 5.92 Å². The molecule has 0 aliphatic carbocycles. The number of unbranched alkanes of at least 4 members (excludes halogenated alkanes) is 1. The average Bonchev–Trinajstić information content (AvgIpc) is 3.48. The van der Waals surface area contributed by atoms with Crippen LogP contribution < -0.4 is 10.6 Å². The fourth-order valence-corrected chi connectivity index (χ4v) is 5.30. The minimum absolute atomic E-state index is 0.0316. The summed E-state index contributed by atoms with van der Waals surface area (Å²) in [6.07, 6.45) is 2.19. The number of nitrogens with one attached hydrogen (secondary N) is 2. The van der Waals surface area contributed by atoms with E-state index < -0.39 is 0 Å². The molecular weight excluding hydrogens is 482 g/mol. The molecule has 1 unspecified atom stereocenters. The van der Waals surface area contributed by atoms with Crippen LogP contribution in [0.5, 0.6) is 0 Å². The number of likely N-dealkylation sites (tertiary alicyclic amines) is 1. The van der Waals surface area contributed by atoms with Gasteiger partial charge in [0.2, 0.25) is 16.9 Å². The van der Waals surface area contributed by atoms with Gasteiger partial charge in [-0.05, 0) is 42.8 Å². The Hall–Kier alpha value is -3.24. The Kier molecular flexibility index (Phi) is 8.49. The summed E-state index contributed by atoms with van der Waals surface area (Å²) in [4.78, 5) is 40.2. The van der Waals surface area contributed by atoms with E-state index in [1.807, 2.05) is 30.3 Å². The zero-order valence-electron chi connectivity index (χ0n) is 19.4. The van der Waals surface area contributed by atoms with Crippen molar-refractivity contribution in [2.24, 2.45) is 5.92 Å². The molecule has 2 heterocycles. The van der Waals surface area contributed by atoms with Crippen molar-refractivity contribution in [3.8, 4) is 0 Å². The van der Waals surface area contributed by atoms with E-state index in [-0.39, 0.29) is 30.1 Å². The smallest absolute Gasteiger partial charge is 0.257 e.